The number of thiazole rings is 1. The molecule has 7 rings (SSSR count). The summed E-state index contributed by atoms with van der Waals surface area (Å²) in [6.45, 7) is 9.30. The lowest BCUT2D eigenvalue weighted by Gasteiger charge is -2.32. The first-order chi connectivity index (χ1) is 41.4. The number of methoxy groups -OCH3 is 1. The van der Waals surface area contributed by atoms with E-state index in [4.69, 9.17) is 45.9 Å². The van der Waals surface area contributed by atoms with Crippen LogP contribution in [0.1, 0.15) is 67.0 Å². The van der Waals surface area contributed by atoms with Gasteiger partial charge in [-0.25, -0.2) is 9.78 Å². The molecule has 1 aliphatic heterocycles. The monoisotopic (exact) mass is 1210 g/mol. The van der Waals surface area contributed by atoms with Gasteiger partial charge in [0.2, 0.25) is 17.7 Å². The van der Waals surface area contributed by atoms with Crippen LogP contribution in [0.4, 0.5) is 15.6 Å². The number of nitrogens with one attached hydrogen (secondary N) is 3. The van der Waals surface area contributed by atoms with Crippen molar-refractivity contribution in [2.24, 2.45) is 15.9 Å². The topological polar surface area (TPSA) is 236 Å². The summed E-state index contributed by atoms with van der Waals surface area (Å²) in [5.41, 5.74) is 4.52. The van der Waals surface area contributed by atoms with Crippen LogP contribution in [0, 0.1) is 0 Å². The van der Waals surface area contributed by atoms with Crippen LogP contribution < -0.4 is 36.0 Å². The van der Waals surface area contributed by atoms with Crippen molar-refractivity contribution in [1.29, 1.82) is 0 Å². The molecule has 1 unspecified atom stereocenters. The highest BCUT2D eigenvalue weighted by Gasteiger charge is 2.41. The number of carbonyl (C=O) groups is 4. The van der Waals surface area contributed by atoms with Gasteiger partial charge in [-0.05, 0) is 130 Å². The molecule has 5 amide bonds. The largest absolute Gasteiger partial charge is 0.497 e. The van der Waals surface area contributed by atoms with Crippen LogP contribution in [0.15, 0.2) is 113 Å². The molecule has 2 fully saturated rings. The van der Waals surface area contributed by atoms with Gasteiger partial charge < -0.3 is 64.5 Å². The number of hydrazone groups is 1. The van der Waals surface area contributed by atoms with Crippen LogP contribution in [-0.2, 0) is 48.0 Å². The SMILES string of the molecule is COc1ccc(C(C(=O)NCc2ccc(Cl)cc2)N(C(=O)CCc2ccc(OCCCCN(C)CCOCCOCC/C(C=NCCOCCOc3ccc(NC(=O)Nc4nc(CC(=O)N5CCN(C)CC5)cs4)cc3)=N/N)cc2)C2CC2)cc1. The number of carbonyl (C=O) groups excluding carboxylic acids is 4. The Labute approximate surface area is 508 Å². The van der Waals surface area contributed by atoms with E-state index < -0.39 is 12.1 Å². The average Bonchev–Trinajstić information content (AvgIpc) is 3.51. The number of aromatic nitrogens is 1. The number of anilines is 2. The number of hydrogen-bond donors (Lipinski definition) is 4. The molecule has 5 N–H and O–H groups in total. The molecule has 23 heteroatoms. The third-order valence-electron chi connectivity index (χ3n) is 14.2. The molecule has 1 aliphatic carbocycles. The lowest BCUT2D eigenvalue weighted by molar-refractivity contribution is -0.141. The molecule has 458 valence electrons. The zero-order chi connectivity index (χ0) is 60.0. The van der Waals surface area contributed by atoms with Gasteiger partial charge in [-0.1, -0.05) is 48.0 Å². The first kappa shape index (κ1) is 65.4. The van der Waals surface area contributed by atoms with Crippen LogP contribution in [0.5, 0.6) is 17.2 Å². The van der Waals surface area contributed by atoms with Crippen molar-refractivity contribution in [3.8, 4) is 17.2 Å². The molecule has 1 saturated carbocycles. The first-order valence-electron chi connectivity index (χ1n) is 29.0. The van der Waals surface area contributed by atoms with E-state index in [9.17, 15) is 19.2 Å². The van der Waals surface area contributed by atoms with Gasteiger partial charge >= 0.3 is 6.03 Å². The third kappa shape index (κ3) is 23.7. The highest BCUT2D eigenvalue weighted by atomic mass is 35.5. The van der Waals surface area contributed by atoms with E-state index in [1.54, 1.807) is 60.0 Å². The molecule has 5 aromatic rings. The van der Waals surface area contributed by atoms with E-state index in [0.717, 1.165) is 74.3 Å². The van der Waals surface area contributed by atoms with Crippen LogP contribution >= 0.6 is 22.9 Å². The highest BCUT2D eigenvalue weighted by Crippen LogP contribution is 2.36. The Bertz CT molecular complexity index is 2870. The quantitative estimate of drug-likeness (QED) is 0.0129. The van der Waals surface area contributed by atoms with E-state index in [1.807, 2.05) is 72.6 Å². The minimum Gasteiger partial charge on any atom is -0.497 e. The van der Waals surface area contributed by atoms with Gasteiger partial charge in [-0.15, -0.1) is 11.3 Å². The number of halogens is 1. The van der Waals surface area contributed by atoms with E-state index >= 15 is 0 Å². The summed E-state index contributed by atoms with van der Waals surface area (Å²) in [5.74, 6) is 7.43. The predicted octanol–water partition coefficient (Wildman–Crippen LogP) is 7.74. The molecule has 2 aliphatic rings. The van der Waals surface area contributed by atoms with Gasteiger partial charge in [0.25, 0.3) is 0 Å². The van der Waals surface area contributed by atoms with Gasteiger partial charge in [0.1, 0.15) is 29.9 Å². The van der Waals surface area contributed by atoms with Crippen molar-refractivity contribution in [3.05, 3.63) is 130 Å². The van der Waals surface area contributed by atoms with Crippen LogP contribution in [-0.4, -0.2) is 186 Å². The molecule has 21 nitrogen and oxygen atoms in total. The Morgan fingerprint density at radius 2 is 1.42 bits per heavy atom. The fourth-order valence-corrected chi connectivity index (χ4v) is 9.92. The Morgan fingerprint density at radius 3 is 2.13 bits per heavy atom. The molecule has 0 spiro atoms. The number of nitrogens with two attached hydrogens (primary N) is 1. The number of amides is 5. The van der Waals surface area contributed by atoms with E-state index in [2.05, 4.69) is 47.9 Å². The summed E-state index contributed by atoms with van der Waals surface area (Å²) in [7, 11) is 5.73. The maximum Gasteiger partial charge on any atom is 0.325 e. The van der Waals surface area contributed by atoms with Crippen molar-refractivity contribution >= 4 is 69.4 Å². The van der Waals surface area contributed by atoms with Crippen molar-refractivity contribution in [2.75, 3.05) is 131 Å². The first-order valence-corrected chi connectivity index (χ1v) is 30.3. The minimum absolute atomic E-state index is 0.00746. The zero-order valence-corrected chi connectivity index (χ0v) is 50.7. The molecule has 1 atom stereocenters. The number of piperazine rings is 1. The fraction of sp³-hybridized carbons (Fsp3) is 0.468. The Balaban J connectivity index is 0.660. The second kappa shape index (κ2) is 36.0. The maximum absolute atomic E-state index is 14.0. The van der Waals surface area contributed by atoms with E-state index in [0.29, 0.717) is 131 Å². The normalized spacial score (nSPS) is 14.1. The number of ether oxygens (including phenoxy) is 6. The number of likely N-dealkylation sites (N-methyl/N-ethyl adjacent to an activating group) is 2. The summed E-state index contributed by atoms with van der Waals surface area (Å²) in [5, 5.41) is 15.2. The van der Waals surface area contributed by atoms with E-state index in [-0.39, 0.29) is 36.6 Å². The molecular weight excluding hydrogens is 1130 g/mol. The summed E-state index contributed by atoms with van der Waals surface area (Å²) >= 11 is 7.35. The number of benzene rings is 4. The third-order valence-corrected chi connectivity index (χ3v) is 15.2. The maximum atomic E-state index is 14.0. The smallest absolute Gasteiger partial charge is 0.325 e. The predicted molar refractivity (Wildman–Crippen MR) is 332 cm³/mol. The lowest BCUT2D eigenvalue weighted by Crippen LogP contribution is -2.47. The lowest BCUT2D eigenvalue weighted by atomic mass is 10.0. The Hall–Kier alpha value is -7.18. The van der Waals surface area contributed by atoms with Gasteiger partial charge in [0.05, 0.1) is 77.7 Å². The molecule has 1 saturated heterocycles. The van der Waals surface area contributed by atoms with Gasteiger partial charge in [0.15, 0.2) is 5.13 Å². The minimum atomic E-state index is -0.773. The summed E-state index contributed by atoms with van der Waals surface area (Å²) in [6.07, 6.45) is 6.78. The molecular formula is C62H82ClN11O10S. The molecule has 0 bridgehead atoms. The molecule has 1 aromatic heterocycles. The number of urea groups is 1. The van der Waals surface area contributed by atoms with Gasteiger partial charge in [0, 0.05) is 80.5 Å². The average molecular weight is 1210 g/mol. The molecule has 0 radical (unpaired) electrons. The van der Waals surface area contributed by atoms with Crippen molar-refractivity contribution in [3.63, 3.8) is 0 Å². The number of rotatable bonds is 37. The fourth-order valence-electron chi connectivity index (χ4n) is 9.09. The highest BCUT2D eigenvalue weighted by molar-refractivity contribution is 7.14. The second-order valence-corrected chi connectivity index (χ2v) is 22.0. The molecule has 4 aromatic carbocycles. The second-order valence-electron chi connectivity index (χ2n) is 20.8. The molecule has 85 heavy (non-hydrogen) atoms. The van der Waals surface area contributed by atoms with Gasteiger partial charge in [-0.2, -0.15) is 5.10 Å². The van der Waals surface area contributed by atoms with Gasteiger partial charge in [-0.3, -0.25) is 24.7 Å². The number of hydrogen-bond acceptors (Lipinski definition) is 17. The standard InChI is InChI=1S/C62H82ClN11O10S/c1-71(28-4-5-34-83-55-19-8-46(9-20-55)10-25-57(75)74(53-17-18-53)59(48-11-21-54(79-3)22-12-48)60(77)66-43-47-6-13-49(63)14-7-47)33-37-82-39-38-80-35-26-51(70-64)44-65-27-36-81-40-41-84-56-23-15-50(16-24-56)67-61(78)69-62-68-52(45-85-62)42-58(76)73-31-29-72(2)30-32-73/h6-9,11-16,19-24,44-45,53,59H,4-5,10,17-18,25-43,64H2,1-3H3,(H,66,77)(H2,67,68,69,78)/b65-44?,70-51-. The zero-order valence-electron chi connectivity index (χ0n) is 49.1. The van der Waals surface area contributed by atoms with Crippen molar-refractivity contribution in [2.45, 2.75) is 70.0 Å². The number of nitrogens with zero attached hydrogens (tertiary/aromatic N) is 7. The van der Waals surface area contributed by atoms with E-state index in [1.165, 1.54) is 11.3 Å². The Kier molecular flexibility index (Phi) is 27.7. The Morgan fingerprint density at radius 1 is 0.765 bits per heavy atom. The number of aliphatic imine (C=N–C) groups is 1. The summed E-state index contributed by atoms with van der Waals surface area (Å²) in [6, 6.07) is 28.4. The van der Waals surface area contributed by atoms with Crippen molar-refractivity contribution in [1.82, 2.24) is 29.9 Å². The molecule has 2 heterocycles. The number of unbranched alkanes of at least 4 members (excludes halogenated alkanes) is 1. The van der Waals surface area contributed by atoms with Crippen molar-refractivity contribution < 1.29 is 47.6 Å². The summed E-state index contributed by atoms with van der Waals surface area (Å²) in [4.78, 5) is 70.0. The van der Waals surface area contributed by atoms with Crippen LogP contribution in [0.3, 0.4) is 0 Å². The summed E-state index contributed by atoms with van der Waals surface area (Å²) < 4.78 is 34.4. The van der Waals surface area contributed by atoms with Crippen LogP contribution in [0.2, 0.25) is 5.02 Å². The van der Waals surface area contributed by atoms with Crippen LogP contribution in [0.25, 0.3) is 0 Å². The number of aryl methyl sites for hydroxylation is 1.